The van der Waals surface area contributed by atoms with Crippen LogP contribution in [-0.4, -0.2) is 16.0 Å². The number of nitrogens with zero attached hydrogens (tertiary/aromatic N) is 2. The largest absolute Gasteiger partial charge is 0.477 e. The van der Waals surface area contributed by atoms with Crippen molar-refractivity contribution in [2.45, 2.75) is 6.18 Å². The van der Waals surface area contributed by atoms with Crippen molar-refractivity contribution < 1.29 is 32.7 Å². The molecule has 11 heteroatoms. The summed E-state index contributed by atoms with van der Waals surface area (Å²) in [6.07, 6.45) is -4.79. The van der Waals surface area contributed by atoms with E-state index in [1.54, 1.807) is 0 Å². The highest BCUT2D eigenvalue weighted by molar-refractivity contribution is 6.31. The van der Waals surface area contributed by atoms with Gasteiger partial charge in [0.05, 0.1) is 21.1 Å². The lowest BCUT2D eigenvalue weighted by atomic mass is 10.1. The van der Waals surface area contributed by atoms with Gasteiger partial charge in [-0.2, -0.15) is 18.4 Å². The number of nitriles is 1. The molecule has 0 unspecified atom stereocenters. The van der Waals surface area contributed by atoms with Crippen molar-refractivity contribution in [3.8, 4) is 17.6 Å². The van der Waals surface area contributed by atoms with Crippen molar-refractivity contribution in [3.63, 3.8) is 0 Å². The molecule has 0 aliphatic rings. The number of ether oxygens (including phenoxy) is 1. The van der Waals surface area contributed by atoms with Gasteiger partial charge in [-0.3, -0.25) is 10.1 Å². The van der Waals surface area contributed by atoms with Crippen LogP contribution < -0.4 is 4.74 Å². The Morgan fingerprint density at radius 2 is 1.96 bits per heavy atom. The third-order valence-electron chi connectivity index (χ3n) is 3.12. The van der Waals surface area contributed by atoms with Crippen molar-refractivity contribution in [3.05, 3.63) is 62.2 Å². The standard InChI is InChI=1S/C15H6ClF3N2O5/c16-11-5-13(7(6-20)3-10(11)15(17,18)19)26-8-1-2-12(21(24)25)9(4-8)14(22)23/h1-5H,(H,22,23). The Balaban J connectivity index is 2.51. The topological polar surface area (TPSA) is 113 Å². The summed E-state index contributed by atoms with van der Waals surface area (Å²) in [4.78, 5) is 21.0. The Kier molecular flexibility index (Phi) is 5.04. The molecular formula is C15H6ClF3N2O5. The molecule has 2 aromatic carbocycles. The van der Waals surface area contributed by atoms with Crippen LogP contribution in [0.15, 0.2) is 30.3 Å². The summed E-state index contributed by atoms with van der Waals surface area (Å²) in [7, 11) is 0. The van der Waals surface area contributed by atoms with Crippen molar-refractivity contribution >= 4 is 23.3 Å². The molecule has 7 nitrogen and oxygen atoms in total. The highest BCUT2D eigenvalue weighted by Gasteiger charge is 2.34. The monoisotopic (exact) mass is 386 g/mol. The van der Waals surface area contributed by atoms with Crippen LogP contribution in [0.2, 0.25) is 5.02 Å². The molecule has 0 spiro atoms. The van der Waals surface area contributed by atoms with Gasteiger partial charge in [-0.25, -0.2) is 4.79 Å². The first kappa shape index (κ1) is 19.0. The summed E-state index contributed by atoms with van der Waals surface area (Å²) in [6.45, 7) is 0. The number of alkyl halides is 3. The molecule has 2 aromatic rings. The smallest absolute Gasteiger partial charge is 0.417 e. The van der Waals surface area contributed by atoms with E-state index in [0.29, 0.717) is 6.07 Å². The molecule has 0 heterocycles. The van der Waals surface area contributed by atoms with E-state index in [4.69, 9.17) is 26.7 Å². The summed E-state index contributed by atoms with van der Waals surface area (Å²) in [6, 6.07) is 5.47. The van der Waals surface area contributed by atoms with E-state index in [1.807, 2.05) is 0 Å². The number of benzene rings is 2. The highest BCUT2D eigenvalue weighted by Crippen LogP contribution is 2.39. The summed E-state index contributed by atoms with van der Waals surface area (Å²) in [5.74, 6) is -2.20. The maximum atomic E-state index is 12.8. The van der Waals surface area contributed by atoms with Gasteiger partial charge in [0.25, 0.3) is 5.69 Å². The maximum Gasteiger partial charge on any atom is 0.417 e. The molecule has 0 atom stereocenters. The summed E-state index contributed by atoms with van der Waals surface area (Å²) in [5.41, 5.74) is -3.13. The van der Waals surface area contributed by atoms with Gasteiger partial charge in [0.15, 0.2) is 0 Å². The lowest BCUT2D eigenvalue weighted by Crippen LogP contribution is -2.07. The molecule has 0 fully saturated rings. The number of rotatable bonds is 4. The van der Waals surface area contributed by atoms with Crippen LogP contribution in [0.4, 0.5) is 18.9 Å². The molecular weight excluding hydrogens is 381 g/mol. The number of hydrogen-bond acceptors (Lipinski definition) is 5. The minimum atomic E-state index is -4.79. The van der Waals surface area contributed by atoms with Gasteiger partial charge in [-0.15, -0.1) is 0 Å². The number of carboxylic acids is 1. The summed E-state index contributed by atoms with van der Waals surface area (Å²) >= 11 is 5.56. The minimum Gasteiger partial charge on any atom is -0.477 e. The number of carboxylic acid groups (broad SMARTS) is 1. The molecule has 134 valence electrons. The Hall–Kier alpha value is -3.32. The van der Waals surface area contributed by atoms with Crippen molar-refractivity contribution in [1.29, 1.82) is 5.26 Å². The normalized spacial score (nSPS) is 10.9. The van der Waals surface area contributed by atoms with Gasteiger partial charge < -0.3 is 9.84 Å². The molecule has 0 amide bonds. The lowest BCUT2D eigenvalue weighted by Gasteiger charge is -2.13. The zero-order valence-corrected chi connectivity index (χ0v) is 13.1. The van der Waals surface area contributed by atoms with E-state index in [1.165, 1.54) is 6.07 Å². The number of nitro groups is 1. The lowest BCUT2D eigenvalue weighted by molar-refractivity contribution is -0.385. The average molecular weight is 387 g/mol. The van der Waals surface area contributed by atoms with Gasteiger partial charge in [0, 0.05) is 18.2 Å². The second-order valence-corrected chi connectivity index (χ2v) is 5.19. The van der Waals surface area contributed by atoms with Crippen LogP contribution in [0, 0.1) is 21.4 Å². The molecule has 0 bridgehead atoms. The van der Waals surface area contributed by atoms with Gasteiger partial charge in [0.2, 0.25) is 0 Å². The fraction of sp³-hybridized carbons (Fsp3) is 0.0667. The first-order valence-electron chi connectivity index (χ1n) is 6.55. The minimum absolute atomic E-state index is 0.236. The summed E-state index contributed by atoms with van der Waals surface area (Å²) < 4.78 is 43.7. The van der Waals surface area contributed by atoms with Gasteiger partial charge in [-0.1, -0.05) is 11.6 Å². The van der Waals surface area contributed by atoms with Crippen LogP contribution in [0.1, 0.15) is 21.5 Å². The fourth-order valence-electron chi connectivity index (χ4n) is 1.98. The van der Waals surface area contributed by atoms with Crippen LogP contribution in [0.3, 0.4) is 0 Å². The van der Waals surface area contributed by atoms with Crippen LogP contribution in [-0.2, 0) is 6.18 Å². The average Bonchev–Trinajstić information content (AvgIpc) is 2.53. The Morgan fingerprint density at radius 1 is 1.31 bits per heavy atom. The number of halogens is 4. The molecule has 0 aliphatic heterocycles. The Morgan fingerprint density at radius 3 is 2.46 bits per heavy atom. The molecule has 1 N–H and O–H groups in total. The van der Waals surface area contributed by atoms with E-state index in [-0.39, 0.29) is 11.5 Å². The van der Waals surface area contributed by atoms with Crippen molar-refractivity contribution in [1.82, 2.24) is 0 Å². The number of aromatic carboxylic acids is 1. The predicted octanol–water partition coefficient (Wildman–Crippen LogP) is 4.63. The second kappa shape index (κ2) is 6.89. The van der Waals surface area contributed by atoms with Crippen molar-refractivity contribution in [2.75, 3.05) is 0 Å². The molecule has 0 aliphatic carbocycles. The summed E-state index contributed by atoms with van der Waals surface area (Å²) in [5, 5.41) is 28.1. The van der Waals surface area contributed by atoms with E-state index in [9.17, 15) is 28.1 Å². The maximum absolute atomic E-state index is 12.8. The van der Waals surface area contributed by atoms with Crippen LogP contribution >= 0.6 is 11.6 Å². The third-order valence-corrected chi connectivity index (χ3v) is 3.43. The fourth-order valence-corrected chi connectivity index (χ4v) is 2.24. The first-order valence-corrected chi connectivity index (χ1v) is 6.92. The molecule has 0 radical (unpaired) electrons. The molecule has 26 heavy (non-hydrogen) atoms. The predicted molar refractivity (Wildman–Crippen MR) is 81.3 cm³/mol. The number of carbonyl (C=O) groups is 1. The second-order valence-electron chi connectivity index (χ2n) is 4.78. The van der Waals surface area contributed by atoms with Gasteiger partial charge >= 0.3 is 12.1 Å². The molecule has 0 saturated heterocycles. The molecule has 0 aromatic heterocycles. The van der Waals surface area contributed by atoms with E-state index in [2.05, 4.69) is 0 Å². The van der Waals surface area contributed by atoms with Gasteiger partial charge in [0.1, 0.15) is 23.1 Å². The SMILES string of the molecule is N#Cc1cc(C(F)(F)F)c(Cl)cc1Oc1ccc([N+](=O)[O-])c(C(=O)O)c1. The highest BCUT2D eigenvalue weighted by atomic mass is 35.5. The first-order chi connectivity index (χ1) is 12.0. The van der Waals surface area contributed by atoms with Crippen LogP contribution in [0.5, 0.6) is 11.5 Å². The van der Waals surface area contributed by atoms with E-state index >= 15 is 0 Å². The van der Waals surface area contributed by atoms with E-state index in [0.717, 1.165) is 24.3 Å². The van der Waals surface area contributed by atoms with Gasteiger partial charge in [-0.05, 0) is 12.1 Å². The number of hydrogen-bond donors (Lipinski definition) is 1. The third kappa shape index (κ3) is 3.84. The van der Waals surface area contributed by atoms with Crippen molar-refractivity contribution in [2.24, 2.45) is 0 Å². The quantitative estimate of drug-likeness (QED) is 0.605. The molecule has 2 rings (SSSR count). The number of nitro benzene ring substituents is 1. The molecule has 0 saturated carbocycles. The van der Waals surface area contributed by atoms with E-state index < -0.39 is 44.5 Å². The zero-order valence-electron chi connectivity index (χ0n) is 12.4. The Labute approximate surface area is 147 Å². The zero-order chi connectivity index (χ0) is 19.6. The van der Waals surface area contributed by atoms with Crippen LogP contribution in [0.25, 0.3) is 0 Å². The Bertz CT molecular complexity index is 954.